The first-order valence-electron chi connectivity index (χ1n) is 3.81. The lowest BCUT2D eigenvalue weighted by atomic mass is 10.2. The Bertz CT molecular complexity index is 278. The summed E-state index contributed by atoms with van der Waals surface area (Å²) in [7, 11) is 0. The van der Waals surface area contributed by atoms with Gasteiger partial charge in [-0.05, 0) is 12.1 Å². The minimum absolute atomic E-state index is 0.477. The van der Waals surface area contributed by atoms with E-state index in [0.29, 0.717) is 12.5 Å². The molecule has 1 aromatic carbocycles. The number of hydrogen-bond donors (Lipinski definition) is 0. The van der Waals surface area contributed by atoms with Crippen molar-refractivity contribution in [1.29, 1.82) is 0 Å². The molecule has 0 bridgehead atoms. The smallest absolute Gasteiger partial charge is 0.124 e. The Kier molecular flexibility index (Phi) is 5.14. The summed E-state index contributed by atoms with van der Waals surface area (Å²) in [6.45, 7) is 0.653. The molecule has 13 heavy (non-hydrogen) atoms. The van der Waals surface area contributed by atoms with Gasteiger partial charge < -0.3 is 4.74 Å². The molecule has 4 heteroatoms. The summed E-state index contributed by atoms with van der Waals surface area (Å²) < 4.78 is 6.50. The van der Waals surface area contributed by atoms with Gasteiger partial charge in [0.1, 0.15) is 5.75 Å². The van der Waals surface area contributed by atoms with Gasteiger partial charge in [0.25, 0.3) is 0 Å². The molecule has 0 spiro atoms. The summed E-state index contributed by atoms with van der Waals surface area (Å²) in [4.78, 5) is 0. The highest BCUT2D eigenvalue weighted by atomic mass is 79.9. The summed E-state index contributed by atoms with van der Waals surface area (Å²) in [5, 5.41) is 0.821. The number of benzene rings is 1. The first kappa shape index (κ1) is 11.3. The predicted molar refractivity (Wildman–Crippen MR) is 63.0 cm³/mol. The zero-order valence-electron chi connectivity index (χ0n) is 6.90. The Morgan fingerprint density at radius 1 is 1.38 bits per heavy atom. The molecule has 0 radical (unpaired) electrons. The van der Waals surface area contributed by atoms with Gasteiger partial charge in [-0.2, -0.15) is 0 Å². The normalized spacial score (nSPS) is 10.1. The zero-order chi connectivity index (χ0) is 9.68. The molecular weight excluding hydrogens is 319 g/mol. The van der Waals surface area contributed by atoms with Crippen molar-refractivity contribution in [2.75, 3.05) is 11.9 Å². The summed E-state index contributed by atoms with van der Waals surface area (Å²) in [5.74, 6) is 1.33. The maximum absolute atomic E-state index is 5.76. The molecule has 0 atom stereocenters. The van der Waals surface area contributed by atoms with Crippen LogP contribution in [0.1, 0.15) is 5.56 Å². The first-order chi connectivity index (χ1) is 6.27. The Hall–Kier alpha value is 0.270. The van der Waals surface area contributed by atoms with Crippen LogP contribution in [0.15, 0.2) is 22.7 Å². The van der Waals surface area contributed by atoms with Crippen LogP contribution in [0.3, 0.4) is 0 Å². The van der Waals surface area contributed by atoms with E-state index in [9.17, 15) is 0 Å². The van der Waals surface area contributed by atoms with Gasteiger partial charge in [0, 0.05) is 15.4 Å². The molecule has 0 heterocycles. The lowest BCUT2D eigenvalue weighted by Gasteiger charge is -2.08. The standard InChI is InChI=1S/C9H9Br2ClO/c10-3-4-13-9-5-8(11)2-1-7(9)6-12/h1-2,5H,3-4,6H2. The van der Waals surface area contributed by atoms with Gasteiger partial charge in [-0.25, -0.2) is 0 Å². The second-order valence-corrected chi connectivity index (χ2v) is 4.40. The molecule has 1 nitrogen and oxygen atoms in total. The van der Waals surface area contributed by atoms with Crippen LogP contribution in [0, 0.1) is 0 Å². The largest absolute Gasteiger partial charge is 0.492 e. The summed E-state index contributed by atoms with van der Waals surface area (Å²) in [6, 6.07) is 5.85. The fourth-order valence-electron chi connectivity index (χ4n) is 0.922. The molecule has 0 fully saturated rings. The van der Waals surface area contributed by atoms with Gasteiger partial charge in [-0.15, -0.1) is 11.6 Å². The van der Waals surface area contributed by atoms with Crippen molar-refractivity contribution < 1.29 is 4.74 Å². The van der Waals surface area contributed by atoms with E-state index in [0.717, 1.165) is 21.1 Å². The Morgan fingerprint density at radius 2 is 2.15 bits per heavy atom. The molecule has 1 rings (SSSR count). The molecule has 0 saturated heterocycles. The molecule has 0 saturated carbocycles. The monoisotopic (exact) mass is 326 g/mol. The van der Waals surface area contributed by atoms with Crippen LogP contribution in [0.4, 0.5) is 0 Å². The van der Waals surface area contributed by atoms with E-state index in [1.807, 2.05) is 18.2 Å². The highest BCUT2D eigenvalue weighted by Gasteiger charge is 2.02. The van der Waals surface area contributed by atoms with Crippen LogP contribution < -0.4 is 4.74 Å². The van der Waals surface area contributed by atoms with E-state index >= 15 is 0 Å². The molecule has 72 valence electrons. The first-order valence-corrected chi connectivity index (χ1v) is 6.26. The Balaban J connectivity index is 2.81. The molecule has 0 unspecified atom stereocenters. The van der Waals surface area contributed by atoms with Crippen molar-refractivity contribution in [2.45, 2.75) is 5.88 Å². The lowest BCUT2D eigenvalue weighted by Crippen LogP contribution is -2.00. The fourth-order valence-corrected chi connectivity index (χ4v) is 1.64. The Morgan fingerprint density at radius 3 is 2.77 bits per heavy atom. The maximum atomic E-state index is 5.76. The van der Waals surface area contributed by atoms with Crippen LogP contribution in [0.5, 0.6) is 5.75 Å². The van der Waals surface area contributed by atoms with E-state index in [1.165, 1.54) is 0 Å². The maximum Gasteiger partial charge on any atom is 0.124 e. The molecule has 0 aromatic heterocycles. The van der Waals surface area contributed by atoms with Gasteiger partial charge in [-0.3, -0.25) is 0 Å². The highest BCUT2D eigenvalue weighted by molar-refractivity contribution is 9.10. The average molecular weight is 328 g/mol. The second-order valence-electron chi connectivity index (χ2n) is 2.42. The van der Waals surface area contributed by atoms with Gasteiger partial charge in [0.15, 0.2) is 0 Å². The minimum atomic E-state index is 0.477. The highest BCUT2D eigenvalue weighted by Crippen LogP contribution is 2.25. The summed E-state index contributed by atoms with van der Waals surface area (Å²) in [6.07, 6.45) is 0. The summed E-state index contributed by atoms with van der Waals surface area (Å²) in [5.41, 5.74) is 1.02. The molecular formula is C9H9Br2ClO. The zero-order valence-corrected chi connectivity index (χ0v) is 10.8. The van der Waals surface area contributed by atoms with Crippen molar-refractivity contribution in [2.24, 2.45) is 0 Å². The van der Waals surface area contributed by atoms with Crippen molar-refractivity contribution in [3.05, 3.63) is 28.2 Å². The van der Waals surface area contributed by atoms with Crippen LogP contribution in [-0.4, -0.2) is 11.9 Å². The van der Waals surface area contributed by atoms with Gasteiger partial charge >= 0.3 is 0 Å². The van der Waals surface area contributed by atoms with E-state index in [4.69, 9.17) is 16.3 Å². The number of halogens is 3. The summed E-state index contributed by atoms with van der Waals surface area (Å²) >= 11 is 12.4. The SMILES string of the molecule is ClCc1ccc(Br)cc1OCCBr. The second kappa shape index (κ2) is 5.89. The van der Waals surface area contributed by atoms with E-state index in [-0.39, 0.29) is 0 Å². The molecule has 0 aliphatic carbocycles. The third-order valence-electron chi connectivity index (χ3n) is 1.51. The molecule has 0 aliphatic rings. The van der Waals surface area contributed by atoms with Crippen LogP contribution in [-0.2, 0) is 5.88 Å². The fraction of sp³-hybridized carbons (Fsp3) is 0.333. The number of ether oxygens (including phenoxy) is 1. The van der Waals surface area contributed by atoms with E-state index < -0.39 is 0 Å². The molecule has 0 N–H and O–H groups in total. The lowest BCUT2D eigenvalue weighted by molar-refractivity contribution is 0.342. The van der Waals surface area contributed by atoms with Crippen LogP contribution in [0.2, 0.25) is 0 Å². The molecule has 1 aromatic rings. The van der Waals surface area contributed by atoms with Gasteiger partial charge in [-0.1, -0.05) is 37.9 Å². The molecule has 0 amide bonds. The predicted octanol–water partition coefficient (Wildman–Crippen LogP) is 3.96. The van der Waals surface area contributed by atoms with Crippen molar-refractivity contribution in [3.8, 4) is 5.75 Å². The Labute approximate surface area is 99.7 Å². The van der Waals surface area contributed by atoms with Crippen molar-refractivity contribution >= 4 is 43.5 Å². The quantitative estimate of drug-likeness (QED) is 0.760. The van der Waals surface area contributed by atoms with E-state index in [1.54, 1.807) is 0 Å². The average Bonchev–Trinajstić information content (AvgIpc) is 2.15. The van der Waals surface area contributed by atoms with Gasteiger partial charge in [0.2, 0.25) is 0 Å². The number of rotatable bonds is 4. The van der Waals surface area contributed by atoms with Gasteiger partial charge in [0.05, 0.1) is 12.5 Å². The van der Waals surface area contributed by atoms with Crippen LogP contribution >= 0.6 is 43.5 Å². The third-order valence-corrected chi connectivity index (χ3v) is 2.61. The number of hydrogen-bond acceptors (Lipinski definition) is 1. The van der Waals surface area contributed by atoms with Crippen molar-refractivity contribution in [1.82, 2.24) is 0 Å². The topological polar surface area (TPSA) is 9.23 Å². The van der Waals surface area contributed by atoms with Crippen LogP contribution in [0.25, 0.3) is 0 Å². The minimum Gasteiger partial charge on any atom is -0.492 e. The van der Waals surface area contributed by atoms with Crippen molar-refractivity contribution in [3.63, 3.8) is 0 Å². The molecule has 0 aliphatic heterocycles. The van der Waals surface area contributed by atoms with E-state index in [2.05, 4.69) is 31.9 Å². The number of alkyl halides is 2. The third kappa shape index (κ3) is 3.49.